The van der Waals surface area contributed by atoms with Gasteiger partial charge in [-0.25, -0.2) is 8.42 Å². The highest BCUT2D eigenvalue weighted by Crippen LogP contribution is 2.22. The van der Waals surface area contributed by atoms with E-state index < -0.39 is 10.0 Å². The lowest BCUT2D eigenvalue weighted by atomic mass is 9.99. The minimum absolute atomic E-state index is 0.197. The van der Waals surface area contributed by atoms with Crippen molar-refractivity contribution in [3.05, 3.63) is 89.7 Å². The van der Waals surface area contributed by atoms with Gasteiger partial charge in [0.15, 0.2) is 0 Å². The van der Waals surface area contributed by atoms with Crippen LogP contribution >= 0.6 is 0 Å². The number of amides is 1. The molecule has 1 aliphatic rings. The van der Waals surface area contributed by atoms with Gasteiger partial charge in [-0.3, -0.25) is 15.2 Å². The zero-order chi connectivity index (χ0) is 23.4. The van der Waals surface area contributed by atoms with Crippen LogP contribution in [0.4, 0.5) is 5.69 Å². The zero-order valence-corrected chi connectivity index (χ0v) is 18.8. The highest BCUT2D eigenvalue weighted by atomic mass is 32.2. The van der Waals surface area contributed by atoms with Crippen molar-refractivity contribution in [2.45, 2.75) is 23.8 Å². The first-order chi connectivity index (χ1) is 15.9. The lowest BCUT2D eigenvalue weighted by Crippen LogP contribution is -2.49. The van der Waals surface area contributed by atoms with Gasteiger partial charge in [-0.2, -0.15) is 4.31 Å². The highest BCUT2D eigenvalue weighted by Gasteiger charge is 2.31. The number of carbonyl (C=O) groups excluding carboxylic acids is 1. The summed E-state index contributed by atoms with van der Waals surface area (Å²) >= 11 is 0. The molecule has 1 amide bonds. The number of nitrogens with one attached hydrogen (secondary N) is 2. The Balaban J connectivity index is 1.49. The second-order valence-corrected chi connectivity index (χ2v) is 9.84. The number of anilines is 1. The van der Waals surface area contributed by atoms with Gasteiger partial charge >= 0.3 is 0 Å². The first-order valence-electron chi connectivity index (χ1n) is 10.6. The Bertz CT molecular complexity index is 1260. The number of carbonyl (C=O) groups is 1. The molecule has 0 spiro atoms. The van der Waals surface area contributed by atoms with Crippen LogP contribution < -0.4 is 11.1 Å². The van der Waals surface area contributed by atoms with Crippen LogP contribution in [0.15, 0.2) is 78.0 Å². The van der Waals surface area contributed by atoms with Crippen LogP contribution in [-0.2, 0) is 10.0 Å². The Morgan fingerprint density at radius 1 is 1.06 bits per heavy atom. The smallest absolute Gasteiger partial charge is 0.251 e. The number of sulfonamides is 1. The fraction of sp³-hybridized carbons (Fsp3) is 0.208. The normalized spacial score (nSPS) is 16.8. The predicted octanol–water partition coefficient (Wildman–Crippen LogP) is 2.66. The van der Waals surface area contributed by atoms with Crippen LogP contribution in [-0.4, -0.2) is 48.5 Å². The molecule has 0 saturated carbocycles. The molecule has 2 heterocycles. The summed E-state index contributed by atoms with van der Waals surface area (Å²) in [5.41, 5.74) is 8.12. The fourth-order valence-corrected chi connectivity index (χ4v) is 5.42. The van der Waals surface area contributed by atoms with Crippen molar-refractivity contribution in [2.75, 3.05) is 18.8 Å². The summed E-state index contributed by atoms with van der Waals surface area (Å²) in [4.78, 5) is 17.2. The van der Waals surface area contributed by atoms with Gasteiger partial charge in [0.1, 0.15) is 0 Å². The van der Waals surface area contributed by atoms with Gasteiger partial charge in [0.25, 0.3) is 5.91 Å². The zero-order valence-electron chi connectivity index (χ0n) is 17.9. The van der Waals surface area contributed by atoms with E-state index in [-0.39, 0.29) is 29.1 Å². The summed E-state index contributed by atoms with van der Waals surface area (Å²) in [7, 11) is -3.62. The minimum atomic E-state index is -3.62. The van der Waals surface area contributed by atoms with Crippen molar-refractivity contribution in [1.82, 2.24) is 14.6 Å². The van der Waals surface area contributed by atoms with E-state index in [4.69, 9.17) is 11.1 Å². The van der Waals surface area contributed by atoms with Gasteiger partial charge in [-0.1, -0.05) is 18.2 Å². The molecule has 0 radical (unpaired) electrons. The van der Waals surface area contributed by atoms with Crippen molar-refractivity contribution in [1.29, 1.82) is 5.41 Å². The number of nitrogens with zero attached hydrogens (tertiary/aromatic N) is 2. The average molecular weight is 464 g/mol. The highest BCUT2D eigenvalue weighted by molar-refractivity contribution is 7.89. The van der Waals surface area contributed by atoms with Crippen LogP contribution in [0.25, 0.3) is 0 Å². The number of nitrogens with two attached hydrogens (primary N) is 1. The number of hydrogen-bond acceptors (Lipinski definition) is 6. The fourth-order valence-electron chi connectivity index (χ4n) is 3.88. The summed E-state index contributed by atoms with van der Waals surface area (Å²) in [6, 6.07) is 16.2. The summed E-state index contributed by atoms with van der Waals surface area (Å²) in [5.74, 6) is -0.331. The molecule has 4 rings (SSSR count). The summed E-state index contributed by atoms with van der Waals surface area (Å²) < 4.78 is 27.3. The van der Waals surface area contributed by atoms with E-state index in [1.807, 2.05) is 0 Å². The van der Waals surface area contributed by atoms with E-state index >= 15 is 0 Å². The third-order valence-corrected chi connectivity index (χ3v) is 7.53. The molecule has 170 valence electrons. The quantitative estimate of drug-likeness (QED) is 0.382. The van der Waals surface area contributed by atoms with Crippen molar-refractivity contribution >= 4 is 27.3 Å². The lowest BCUT2D eigenvalue weighted by molar-refractivity contribution is 0.0921. The van der Waals surface area contributed by atoms with Crippen molar-refractivity contribution < 1.29 is 13.2 Å². The lowest BCUT2D eigenvalue weighted by Gasteiger charge is -2.32. The van der Waals surface area contributed by atoms with Gasteiger partial charge in [0, 0.05) is 53.9 Å². The SMILES string of the molecule is N=C(c1ccncc1)c1cc(C(=O)NC2CCCN(S(=O)(=O)c3ccccc3)C2)ccc1N. The molecule has 1 fully saturated rings. The van der Waals surface area contributed by atoms with Gasteiger partial charge in [0.05, 0.1) is 10.6 Å². The molecule has 1 atom stereocenters. The minimum Gasteiger partial charge on any atom is -0.398 e. The molecule has 33 heavy (non-hydrogen) atoms. The Morgan fingerprint density at radius 2 is 1.79 bits per heavy atom. The second-order valence-electron chi connectivity index (χ2n) is 7.90. The van der Waals surface area contributed by atoms with E-state index in [0.717, 1.165) is 0 Å². The van der Waals surface area contributed by atoms with Crippen LogP contribution in [0.3, 0.4) is 0 Å². The van der Waals surface area contributed by atoms with Crippen molar-refractivity contribution in [3.8, 4) is 0 Å². The molecule has 3 aromatic rings. The number of benzene rings is 2. The standard InChI is InChI=1S/C24H25N5O3S/c25-22-9-8-18(15-21(22)23(26)17-10-12-27-13-11-17)24(30)28-19-5-4-14-29(16-19)33(31,32)20-6-2-1-3-7-20/h1-3,6-13,15,19,26H,4-5,14,16,25H2,(H,28,30). The second kappa shape index (κ2) is 9.51. The Morgan fingerprint density at radius 3 is 2.52 bits per heavy atom. The summed E-state index contributed by atoms with van der Waals surface area (Å²) in [6.07, 6.45) is 4.52. The topological polar surface area (TPSA) is 129 Å². The summed E-state index contributed by atoms with van der Waals surface area (Å²) in [6.45, 7) is 0.621. The molecule has 4 N–H and O–H groups in total. The maximum atomic E-state index is 13.0. The molecule has 2 aromatic carbocycles. The Labute approximate surface area is 193 Å². The van der Waals surface area contributed by atoms with E-state index in [9.17, 15) is 13.2 Å². The number of aromatic nitrogens is 1. The third-order valence-electron chi connectivity index (χ3n) is 5.65. The van der Waals surface area contributed by atoms with E-state index in [2.05, 4.69) is 10.3 Å². The number of hydrogen-bond donors (Lipinski definition) is 3. The Hall–Kier alpha value is -3.56. The molecule has 1 unspecified atom stereocenters. The number of piperidine rings is 1. The number of pyridine rings is 1. The van der Waals surface area contributed by atoms with E-state index in [0.29, 0.717) is 41.8 Å². The monoisotopic (exact) mass is 463 g/mol. The van der Waals surface area contributed by atoms with Gasteiger partial charge in [0.2, 0.25) is 10.0 Å². The van der Waals surface area contributed by atoms with Gasteiger partial charge in [-0.05, 0) is 55.3 Å². The van der Waals surface area contributed by atoms with Crippen LogP contribution in [0.5, 0.6) is 0 Å². The first kappa shape index (κ1) is 22.6. The molecule has 0 aliphatic carbocycles. The van der Waals surface area contributed by atoms with Crippen LogP contribution in [0, 0.1) is 5.41 Å². The third kappa shape index (κ3) is 4.94. The summed E-state index contributed by atoms with van der Waals surface area (Å²) in [5, 5.41) is 11.4. The molecular weight excluding hydrogens is 438 g/mol. The first-order valence-corrected chi connectivity index (χ1v) is 12.0. The van der Waals surface area contributed by atoms with Gasteiger partial charge in [-0.15, -0.1) is 0 Å². The molecule has 8 nitrogen and oxygen atoms in total. The van der Waals surface area contributed by atoms with Crippen LogP contribution in [0.1, 0.15) is 34.3 Å². The maximum Gasteiger partial charge on any atom is 0.251 e. The molecule has 9 heteroatoms. The molecule has 1 saturated heterocycles. The molecule has 1 aromatic heterocycles. The molecule has 1 aliphatic heterocycles. The van der Waals surface area contributed by atoms with Crippen molar-refractivity contribution in [3.63, 3.8) is 0 Å². The molecule has 0 bridgehead atoms. The van der Waals surface area contributed by atoms with E-state index in [1.54, 1.807) is 73.1 Å². The van der Waals surface area contributed by atoms with Gasteiger partial charge < -0.3 is 11.1 Å². The van der Waals surface area contributed by atoms with Crippen LogP contribution in [0.2, 0.25) is 0 Å². The Kier molecular flexibility index (Phi) is 6.52. The number of rotatable bonds is 6. The average Bonchev–Trinajstić information content (AvgIpc) is 2.85. The molecular formula is C24H25N5O3S. The maximum absolute atomic E-state index is 13.0. The van der Waals surface area contributed by atoms with Crippen molar-refractivity contribution in [2.24, 2.45) is 0 Å². The largest absolute Gasteiger partial charge is 0.398 e. The number of nitrogen functional groups attached to an aromatic ring is 1. The van der Waals surface area contributed by atoms with E-state index in [1.165, 1.54) is 4.31 Å². The predicted molar refractivity (Wildman–Crippen MR) is 127 cm³/mol.